The molecule has 0 saturated heterocycles. The van der Waals surface area contributed by atoms with E-state index in [1.165, 1.54) is 16.3 Å². The summed E-state index contributed by atoms with van der Waals surface area (Å²) in [5.74, 6) is 0. The molecule has 1 aliphatic heterocycles. The maximum Gasteiger partial charge on any atom is 0.330 e. The molecule has 0 amide bonds. The normalized spacial score (nSPS) is 19.3. The Morgan fingerprint density at radius 2 is 1.47 bits per heavy atom. The second-order valence-corrected chi connectivity index (χ2v) is 9.41. The van der Waals surface area contributed by atoms with E-state index in [1.807, 2.05) is 97.1 Å². The molecule has 4 aromatic rings. The summed E-state index contributed by atoms with van der Waals surface area (Å²) >= 11 is 6.08. The van der Waals surface area contributed by atoms with Gasteiger partial charge < -0.3 is 9.47 Å². The smallest absolute Gasteiger partial charge is 0.330 e. The van der Waals surface area contributed by atoms with Crippen LogP contribution in [0.25, 0.3) is 0 Å². The molecule has 0 bridgehead atoms. The fraction of sp³-hybridized carbons (Fsp3) is 0.161. The minimum atomic E-state index is -1.07. The molecule has 0 fully saturated rings. The molecule has 0 saturated carbocycles. The van der Waals surface area contributed by atoms with E-state index in [1.54, 1.807) is 19.1 Å². The van der Waals surface area contributed by atoms with Crippen molar-refractivity contribution in [2.75, 3.05) is 6.61 Å². The molecule has 0 spiro atoms. The Morgan fingerprint density at radius 3 is 1.97 bits per heavy atom. The van der Waals surface area contributed by atoms with Gasteiger partial charge >= 0.3 is 5.69 Å². The highest BCUT2D eigenvalue weighted by atomic mass is 35.5. The number of hydrogen-bond donors (Lipinski definition) is 1. The summed E-state index contributed by atoms with van der Waals surface area (Å²) in [4.78, 5) is 26.7. The topological polar surface area (TPSA) is 73.3 Å². The van der Waals surface area contributed by atoms with Crippen LogP contribution in [0.3, 0.4) is 0 Å². The average molecular weight is 527 g/mol. The van der Waals surface area contributed by atoms with Gasteiger partial charge in [0.25, 0.3) is 5.56 Å². The number of hydrogen-bond acceptors (Lipinski definition) is 4. The third-order valence-corrected chi connectivity index (χ3v) is 6.83. The van der Waals surface area contributed by atoms with Crippen LogP contribution in [-0.2, 0) is 15.1 Å². The van der Waals surface area contributed by atoms with Gasteiger partial charge in [-0.1, -0.05) is 103 Å². The molecule has 5 rings (SSSR count). The van der Waals surface area contributed by atoms with E-state index in [2.05, 4.69) is 4.98 Å². The fourth-order valence-electron chi connectivity index (χ4n) is 4.79. The van der Waals surface area contributed by atoms with Gasteiger partial charge in [0.05, 0.1) is 6.61 Å². The first kappa shape index (κ1) is 25.7. The molecule has 0 radical (unpaired) electrons. The van der Waals surface area contributed by atoms with E-state index >= 15 is 0 Å². The lowest BCUT2D eigenvalue weighted by Gasteiger charge is -2.38. The number of rotatable bonds is 8. The van der Waals surface area contributed by atoms with E-state index in [0.29, 0.717) is 5.56 Å². The molecule has 2 atom stereocenters. The number of benzene rings is 3. The van der Waals surface area contributed by atoms with Gasteiger partial charge in [0.15, 0.2) is 6.23 Å². The van der Waals surface area contributed by atoms with E-state index in [9.17, 15) is 9.59 Å². The first-order chi connectivity index (χ1) is 18.5. The second kappa shape index (κ2) is 10.8. The van der Waals surface area contributed by atoms with E-state index in [4.69, 9.17) is 21.1 Å². The minimum Gasteiger partial charge on any atom is -0.357 e. The number of H-pyrrole nitrogens is 1. The first-order valence-corrected chi connectivity index (χ1v) is 12.7. The zero-order chi connectivity index (χ0) is 26.6. The average Bonchev–Trinajstić information content (AvgIpc) is 3.37. The van der Waals surface area contributed by atoms with Crippen LogP contribution >= 0.6 is 11.6 Å². The maximum atomic E-state index is 12.5. The third kappa shape index (κ3) is 4.82. The second-order valence-electron chi connectivity index (χ2n) is 9.16. The van der Waals surface area contributed by atoms with Gasteiger partial charge in [-0.2, -0.15) is 0 Å². The molecule has 3 aromatic carbocycles. The summed E-state index contributed by atoms with van der Waals surface area (Å²) < 4.78 is 14.7. The van der Waals surface area contributed by atoms with Crippen molar-refractivity contribution >= 4 is 11.6 Å². The molecule has 0 aliphatic carbocycles. The highest BCUT2D eigenvalue weighted by Crippen LogP contribution is 2.42. The molecular formula is C31H27ClN2O4. The summed E-state index contributed by atoms with van der Waals surface area (Å²) in [6, 6.07) is 30.1. The molecule has 7 heteroatoms. The van der Waals surface area contributed by atoms with Crippen LogP contribution in [0.5, 0.6) is 0 Å². The highest BCUT2D eigenvalue weighted by molar-refractivity contribution is 6.25. The van der Waals surface area contributed by atoms with Gasteiger partial charge in [-0.3, -0.25) is 14.3 Å². The first-order valence-electron chi connectivity index (χ1n) is 12.3. The van der Waals surface area contributed by atoms with E-state index in [-0.39, 0.29) is 6.61 Å². The molecule has 38 heavy (non-hydrogen) atoms. The predicted octanol–water partition coefficient (Wildman–Crippen LogP) is 5.43. The van der Waals surface area contributed by atoms with Crippen molar-refractivity contribution in [3.63, 3.8) is 0 Å². The molecule has 1 N–H and O–H groups in total. The van der Waals surface area contributed by atoms with Crippen molar-refractivity contribution in [1.82, 2.24) is 9.55 Å². The Balaban J connectivity index is 1.57. The van der Waals surface area contributed by atoms with Crippen molar-refractivity contribution < 1.29 is 9.47 Å². The van der Waals surface area contributed by atoms with Gasteiger partial charge in [0.2, 0.25) is 0 Å². The zero-order valence-corrected chi connectivity index (χ0v) is 21.5. The van der Waals surface area contributed by atoms with Gasteiger partial charge in [0.1, 0.15) is 11.2 Å². The van der Waals surface area contributed by atoms with E-state index in [0.717, 1.165) is 16.7 Å². The lowest BCUT2D eigenvalue weighted by atomic mass is 9.80. The number of ether oxygens (including phenoxy) is 2. The van der Waals surface area contributed by atoms with Crippen LogP contribution in [0, 0.1) is 6.92 Å². The predicted molar refractivity (Wildman–Crippen MR) is 148 cm³/mol. The maximum absolute atomic E-state index is 12.5. The summed E-state index contributed by atoms with van der Waals surface area (Å²) in [7, 11) is 0. The van der Waals surface area contributed by atoms with Crippen molar-refractivity contribution in [1.29, 1.82) is 0 Å². The van der Waals surface area contributed by atoms with Crippen LogP contribution in [-0.4, -0.2) is 21.8 Å². The zero-order valence-electron chi connectivity index (χ0n) is 20.8. The Hall–Kier alpha value is -3.97. The number of aromatic amines is 1. The van der Waals surface area contributed by atoms with Crippen LogP contribution in [0.2, 0.25) is 0 Å². The van der Waals surface area contributed by atoms with Crippen molar-refractivity contribution in [2.24, 2.45) is 0 Å². The Labute approximate surface area is 225 Å². The van der Waals surface area contributed by atoms with Crippen LogP contribution < -0.4 is 11.2 Å². The highest BCUT2D eigenvalue weighted by Gasteiger charge is 2.42. The Morgan fingerprint density at radius 1 is 0.947 bits per heavy atom. The number of nitrogens with one attached hydrogen (secondary N) is 1. The third-order valence-electron chi connectivity index (χ3n) is 6.70. The molecular weight excluding hydrogens is 500 g/mol. The van der Waals surface area contributed by atoms with Crippen LogP contribution in [0.4, 0.5) is 0 Å². The molecule has 192 valence electrons. The summed E-state index contributed by atoms with van der Waals surface area (Å²) in [5.41, 5.74) is 1.62. The van der Waals surface area contributed by atoms with E-state index < -0.39 is 28.7 Å². The number of nitrogens with zero attached hydrogens (tertiary/aromatic N) is 1. The van der Waals surface area contributed by atoms with Gasteiger partial charge in [0, 0.05) is 17.3 Å². The summed E-state index contributed by atoms with van der Waals surface area (Å²) in [6.45, 7) is 1.72. The molecule has 1 aromatic heterocycles. The monoisotopic (exact) mass is 526 g/mol. The molecule has 6 nitrogen and oxygen atoms in total. The molecule has 2 heterocycles. The quantitative estimate of drug-likeness (QED) is 0.245. The van der Waals surface area contributed by atoms with Crippen molar-refractivity contribution in [3.05, 3.63) is 164 Å². The van der Waals surface area contributed by atoms with Gasteiger partial charge in [-0.15, -0.1) is 0 Å². The van der Waals surface area contributed by atoms with Crippen molar-refractivity contribution in [3.8, 4) is 0 Å². The largest absolute Gasteiger partial charge is 0.357 e. The Kier molecular flexibility index (Phi) is 7.29. The van der Waals surface area contributed by atoms with Gasteiger partial charge in [-0.25, -0.2) is 4.79 Å². The summed E-state index contributed by atoms with van der Waals surface area (Å²) in [5, 5.41) is 0. The molecule has 1 aliphatic rings. The molecule has 0 unspecified atom stereocenters. The van der Waals surface area contributed by atoms with Gasteiger partial charge in [-0.05, 0) is 41.8 Å². The lowest BCUT2D eigenvalue weighted by molar-refractivity contribution is -0.103. The minimum absolute atomic E-state index is 0.0823. The SMILES string of the molecule is Cc1cn([C@H]2C=C[C@@](C=CCl)(COC(c3ccccc3)(c3ccccc3)c3ccccc3)O2)c(=O)[nH]c1=O. The number of halogens is 1. The Bertz CT molecular complexity index is 1470. The van der Waals surface area contributed by atoms with Crippen LogP contribution in [0.15, 0.2) is 131 Å². The van der Waals surface area contributed by atoms with Crippen molar-refractivity contribution in [2.45, 2.75) is 24.4 Å². The van der Waals surface area contributed by atoms with Crippen LogP contribution in [0.1, 0.15) is 28.5 Å². The standard InChI is InChI=1S/C31H27ClN2O4/c1-23-21-34(29(36)33-28(23)35)27-17-18-30(38-27,19-20-32)22-37-31(24-11-5-2-6-12-24,25-13-7-3-8-14-25)26-15-9-4-10-16-26/h2-21,27H,22H2,1H3,(H,33,35,36)/t27-,30-/m1/s1. The summed E-state index contributed by atoms with van der Waals surface area (Å²) in [6.07, 6.45) is 6.01. The number of aryl methyl sites for hydroxylation is 1. The fourth-order valence-corrected chi connectivity index (χ4v) is 5.01. The number of aromatic nitrogens is 2. The lowest BCUT2D eigenvalue weighted by Crippen LogP contribution is -2.41.